The molecule has 180 valence electrons. The molecule has 0 bridgehead atoms. The van der Waals surface area contributed by atoms with Gasteiger partial charge < -0.3 is 20.5 Å². The highest BCUT2D eigenvalue weighted by atomic mass is 16.5. The molecule has 1 amide bonds. The number of nitrogens with one attached hydrogen (secondary N) is 1. The summed E-state index contributed by atoms with van der Waals surface area (Å²) in [7, 11) is 0. The van der Waals surface area contributed by atoms with Crippen LogP contribution in [0.2, 0.25) is 0 Å². The van der Waals surface area contributed by atoms with Gasteiger partial charge in [-0.15, -0.1) is 0 Å². The Morgan fingerprint density at radius 2 is 1.77 bits per heavy atom. The fraction of sp³-hybridized carbons (Fsp3) is 0.870. The molecule has 3 unspecified atom stereocenters. The molecule has 5 atom stereocenters. The molecule has 0 aromatic heterocycles. The van der Waals surface area contributed by atoms with Crippen molar-refractivity contribution in [2.45, 2.75) is 116 Å². The molecule has 2 rings (SSSR count). The molecular formula is C23H43N3O5. The van der Waals surface area contributed by atoms with E-state index >= 15 is 0 Å². The predicted molar refractivity (Wildman–Crippen MR) is 120 cm³/mol. The lowest BCUT2D eigenvalue weighted by molar-refractivity contribution is -0.152. The normalized spacial score (nSPS) is 25.0. The Bertz CT molecular complexity index is 599. The monoisotopic (exact) mass is 441 g/mol. The average molecular weight is 442 g/mol. The van der Waals surface area contributed by atoms with Gasteiger partial charge in [0.15, 0.2) is 0 Å². The number of aliphatic carboxylic acids is 1. The first-order valence-electron chi connectivity index (χ1n) is 11.7. The Morgan fingerprint density at radius 3 is 2.29 bits per heavy atom. The number of esters is 1. The third-order valence-corrected chi connectivity index (χ3v) is 5.60. The molecule has 0 aromatic carbocycles. The summed E-state index contributed by atoms with van der Waals surface area (Å²) in [6, 6.07) is -1.92. The molecule has 2 aliphatic rings. The lowest BCUT2D eigenvalue weighted by Crippen LogP contribution is -2.55. The Labute approximate surface area is 187 Å². The van der Waals surface area contributed by atoms with Crippen LogP contribution in [0.15, 0.2) is 0 Å². The number of amides is 1. The minimum absolute atomic E-state index is 0. The van der Waals surface area contributed by atoms with Crippen molar-refractivity contribution in [3.8, 4) is 0 Å². The van der Waals surface area contributed by atoms with Crippen molar-refractivity contribution in [2.75, 3.05) is 6.61 Å². The van der Waals surface area contributed by atoms with E-state index in [1.54, 1.807) is 18.7 Å². The molecule has 4 N–H and O–H groups in total. The van der Waals surface area contributed by atoms with E-state index in [0.29, 0.717) is 19.4 Å². The van der Waals surface area contributed by atoms with Crippen LogP contribution in [0.25, 0.3) is 0 Å². The second-order valence-corrected chi connectivity index (χ2v) is 9.79. The molecule has 1 saturated heterocycles. The second kappa shape index (κ2) is 12.4. The molecule has 1 aliphatic heterocycles. The van der Waals surface area contributed by atoms with E-state index in [2.05, 4.69) is 5.32 Å². The SMILES string of the molecule is CC(C)(C)N.CCC[C@H](N[C@@H](C)C(=O)N1C(C(=O)O)CC2CCCCC21)C(=O)OCC. The number of carbonyl (C=O) groups excluding carboxylic acids is 2. The van der Waals surface area contributed by atoms with E-state index < -0.39 is 24.1 Å². The number of likely N-dealkylation sites (tertiary alicyclic amines) is 1. The van der Waals surface area contributed by atoms with Crippen LogP contribution < -0.4 is 11.1 Å². The van der Waals surface area contributed by atoms with Gasteiger partial charge in [-0.3, -0.25) is 14.9 Å². The van der Waals surface area contributed by atoms with E-state index in [9.17, 15) is 19.5 Å². The van der Waals surface area contributed by atoms with E-state index in [1.807, 2.05) is 27.7 Å². The topological polar surface area (TPSA) is 122 Å². The minimum atomic E-state index is -0.935. The third-order valence-electron chi connectivity index (χ3n) is 5.60. The highest BCUT2D eigenvalue weighted by Crippen LogP contribution is 2.40. The fourth-order valence-electron chi connectivity index (χ4n) is 4.39. The highest BCUT2D eigenvalue weighted by molar-refractivity contribution is 5.88. The highest BCUT2D eigenvalue weighted by Gasteiger charge is 2.48. The first kappa shape index (κ1) is 27.4. The number of carboxylic acid groups (broad SMARTS) is 1. The zero-order chi connectivity index (χ0) is 23.8. The second-order valence-electron chi connectivity index (χ2n) is 9.79. The summed E-state index contributed by atoms with van der Waals surface area (Å²) in [4.78, 5) is 38.5. The Hall–Kier alpha value is -1.67. The zero-order valence-corrected chi connectivity index (χ0v) is 20.1. The van der Waals surface area contributed by atoms with Crippen LogP contribution in [-0.2, 0) is 19.1 Å². The number of hydrogen-bond acceptors (Lipinski definition) is 6. The number of carboxylic acids is 1. The van der Waals surface area contributed by atoms with Crippen LogP contribution in [-0.4, -0.2) is 64.2 Å². The van der Waals surface area contributed by atoms with Crippen molar-refractivity contribution >= 4 is 17.8 Å². The number of fused-ring (bicyclic) bond motifs is 1. The number of rotatable bonds is 8. The quantitative estimate of drug-likeness (QED) is 0.495. The number of carbonyl (C=O) groups is 3. The molecule has 0 radical (unpaired) electrons. The van der Waals surface area contributed by atoms with Crippen molar-refractivity contribution in [3.63, 3.8) is 0 Å². The van der Waals surface area contributed by atoms with Crippen molar-refractivity contribution in [1.82, 2.24) is 10.2 Å². The van der Waals surface area contributed by atoms with Gasteiger partial charge >= 0.3 is 11.9 Å². The molecule has 0 spiro atoms. The van der Waals surface area contributed by atoms with E-state index in [-0.39, 0.29) is 29.4 Å². The molecule has 2 fully saturated rings. The maximum atomic E-state index is 13.1. The number of nitrogens with two attached hydrogens (primary N) is 1. The average Bonchev–Trinajstić information content (AvgIpc) is 3.05. The molecule has 8 nitrogen and oxygen atoms in total. The maximum absolute atomic E-state index is 13.1. The molecule has 0 aromatic rings. The molecule has 1 heterocycles. The van der Waals surface area contributed by atoms with Crippen LogP contribution in [0.4, 0.5) is 0 Å². The first-order chi connectivity index (χ1) is 14.4. The van der Waals surface area contributed by atoms with Gasteiger partial charge in [0.05, 0.1) is 12.6 Å². The van der Waals surface area contributed by atoms with Gasteiger partial charge in [0.2, 0.25) is 5.91 Å². The number of nitrogens with zero attached hydrogens (tertiary/aromatic N) is 1. The van der Waals surface area contributed by atoms with E-state index in [1.165, 1.54) is 0 Å². The fourth-order valence-corrected chi connectivity index (χ4v) is 4.39. The Kier molecular flexibility index (Phi) is 10.9. The summed E-state index contributed by atoms with van der Waals surface area (Å²) in [5.74, 6) is -1.24. The summed E-state index contributed by atoms with van der Waals surface area (Å²) in [5, 5.41) is 12.7. The lowest BCUT2D eigenvalue weighted by atomic mass is 9.84. The molecule has 1 saturated carbocycles. The Morgan fingerprint density at radius 1 is 1.19 bits per heavy atom. The van der Waals surface area contributed by atoms with Gasteiger partial charge in [-0.2, -0.15) is 0 Å². The summed E-state index contributed by atoms with van der Waals surface area (Å²) in [5.41, 5.74) is 5.35. The molecular weight excluding hydrogens is 398 g/mol. The minimum Gasteiger partial charge on any atom is -0.480 e. The van der Waals surface area contributed by atoms with Crippen molar-refractivity contribution in [2.24, 2.45) is 11.7 Å². The predicted octanol–water partition coefficient (Wildman–Crippen LogP) is 2.68. The summed E-state index contributed by atoms with van der Waals surface area (Å²) in [6.45, 7) is 11.6. The summed E-state index contributed by atoms with van der Waals surface area (Å²) in [6.07, 6.45) is 5.87. The van der Waals surface area contributed by atoms with Crippen molar-refractivity contribution < 1.29 is 24.2 Å². The maximum Gasteiger partial charge on any atom is 0.326 e. The van der Waals surface area contributed by atoms with Crippen LogP contribution >= 0.6 is 0 Å². The molecule has 1 aliphatic carbocycles. The van der Waals surface area contributed by atoms with Crippen LogP contribution in [0.1, 0.15) is 86.5 Å². The first-order valence-corrected chi connectivity index (χ1v) is 11.7. The summed E-state index contributed by atoms with van der Waals surface area (Å²) < 4.78 is 5.09. The smallest absolute Gasteiger partial charge is 0.326 e. The standard InChI is InChI=1S/C19H32N2O5.C4H11N/c1-4-8-14(19(25)26-5-2)20-12(3)17(22)21-15-10-7-6-9-13(15)11-16(21)18(23)24;1-4(2,3)5/h12-16,20H,4-11H2,1-3H3,(H,23,24);5H2,1-3H3/t12-,13?,14-,15?,16?;/m0./s1. The molecule has 8 heteroatoms. The number of ether oxygens (including phenoxy) is 1. The van der Waals surface area contributed by atoms with E-state index in [4.69, 9.17) is 10.5 Å². The van der Waals surface area contributed by atoms with Gasteiger partial charge in [-0.05, 0) is 66.2 Å². The van der Waals surface area contributed by atoms with Crippen molar-refractivity contribution in [1.29, 1.82) is 0 Å². The third kappa shape index (κ3) is 8.77. The van der Waals surface area contributed by atoms with Crippen molar-refractivity contribution in [3.05, 3.63) is 0 Å². The van der Waals surface area contributed by atoms with Crippen LogP contribution in [0.3, 0.4) is 0 Å². The number of hydrogen-bond donors (Lipinski definition) is 3. The summed E-state index contributed by atoms with van der Waals surface area (Å²) >= 11 is 0. The molecule has 31 heavy (non-hydrogen) atoms. The van der Waals surface area contributed by atoms with E-state index in [0.717, 1.165) is 32.1 Å². The van der Waals surface area contributed by atoms with Gasteiger partial charge in [0, 0.05) is 11.6 Å². The van der Waals surface area contributed by atoms with Gasteiger partial charge in [-0.1, -0.05) is 26.2 Å². The lowest BCUT2D eigenvalue weighted by Gasteiger charge is -2.35. The largest absolute Gasteiger partial charge is 0.480 e. The van der Waals surface area contributed by atoms with Gasteiger partial charge in [-0.25, -0.2) is 4.79 Å². The van der Waals surface area contributed by atoms with Gasteiger partial charge in [0.1, 0.15) is 12.1 Å². The van der Waals surface area contributed by atoms with Crippen LogP contribution in [0.5, 0.6) is 0 Å². The van der Waals surface area contributed by atoms with Crippen LogP contribution in [0, 0.1) is 5.92 Å². The Balaban J connectivity index is 0.000000861. The van der Waals surface area contributed by atoms with Gasteiger partial charge in [0.25, 0.3) is 0 Å². The zero-order valence-electron chi connectivity index (χ0n) is 20.1.